The van der Waals surface area contributed by atoms with Crippen LogP contribution in [0.2, 0.25) is 0 Å². The molecular weight excluding hydrogens is 522 g/mol. The standard InChI is InChI=1S/C28H31N3O7S/c1-18(2)20-6-4-5-7-21(20)29-25(32)17-38-22-9-8-19(14-23(22)36-3)15-24-27(34)31(28(35)39-24)16-26(33)30-10-12-37-13-11-30/h4-9,14-15,18H,10-13,16-17H2,1-3H3,(H,29,32)/b24-15-. The zero-order valence-corrected chi connectivity index (χ0v) is 22.9. The van der Waals surface area contributed by atoms with Gasteiger partial charge in [-0.3, -0.25) is 24.1 Å². The third kappa shape index (κ3) is 6.98. The third-order valence-electron chi connectivity index (χ3n) is 6.23. The molecule has 2 fully saturated rings. The zero-order valence-electron chi connectivity index (χ0n) is 22.1. The Kier molecular flexibility index (Phi) is 9.26. The van der Waals surface area contributed by atoms with Crippen LogP contribution in [0.3, 0.4) is 0 Å². The van der Waals surface area contributed by atoms with Crippen LogP contribution in [0, 0.1) is 0 Å². The Bertz CT molecular complexity index is 1290. The Hall–Kier alpha value is -3.83. The number of rotatable bonds is 9. The number of methoxy groups -OCH3 is 1. The largest absolute Gasteiger partial charge is 0.493 e. The Morgan fingerprint density at radius 3 is 2.56 bits per heavy atom. The molecule has 10 nitrogen and oxygen atoms in total. The van der Waals surface area contributed by atoms with Crippen LogP contribution in [-0.2, 0) is 19.1 Å². The van der Waals surface area contributed by atoms with Gasteiger partial charge in [-0.25, -0.2) is 0 Å². The maximum Gasteiger partial charge on any atom is 0.294 e. The van der Waals surface area contributed by atoms with E-state index in [4.69, 9.17) is 14.2 Å². The SMILES string of the molecule is COc1cc(/C=C2\SC(=O)N(CC(=O)N3CCOCC3)C2=O)ccc1OCC(=O)Nc1ccccc1C(C)C. The Labute approximate surface area is 231 Å². The highest BCUT2D eigenvalue weighted by molar-refractivity contribution is 8.18. The topological polar surface area (TPSA) is 114 Å². The first-order valence-electron chi connectivity index (χ1n) is 12.6. The van der Waals surface area contributed by atoms with E-state index in [0.29, 0.717) is 43.4 Å². The molecule has 206 valence electrons. The number of carbonyl (C=O) groups is 4. The molecule has 2 aliphatic heterocycles. The van der Waals surface area contributed by atoms with Crippen LogP contribution >= 0.6 is 11.8 Å². The predicted octanol–water partition coefficient (Wildman–Crippen LogP) is 3.73. The minimum atomic E-state index is -0.524. The van der Waals surface area contributed by atoms with Crippen molar-refractivity contribution in [2.24, 2.45) is 0 Å². The molecule has 0 spiro atoms. The maximum absolute atomic E-state index is 12.9. The lowest BCUT2D eigenvalue weighted by Crippen LogP contribution is -2.46. The van der Waals surface area contributed by atoms with Crippen molar-refractivity contribution in [3.63, 3.8) is 0 Å². The van der Waals surface area contributed by atoms with Crippen LogP contribution < -0.4 is 14.8 Å². The van der Waals surface area contributed by atoms with Gasteiger partial charge in [0.25, 0.3) is 17.1 Å². The van der Waals surface area contributed by atoms with Crippen molar-refractivity contribution in [1.29, 1.82) is 0 Å². The Morgan fingerprint density at radius 1 is 1.10 bits per heavy atom. The summed E-state index contributed by atoms with van der Waals surface area (Å²) in [5.41, 5.74) is 2.37. The summed E-state index contributed by atoms with van der Waals surface area (Å²) in [6.45, 7) is 5.33. The summed E-state index contributed by atoms with van der Waals surface area (Å²) in [4.78, 5) is 53.2. The fraction of sp³-hybridized carbons (Fsp3) is 0.357. The number of amides is 4. The number of carbonyl (C=O) groups excluding carboxylic acids is 4. The number of para-hydroxylation sites is 1. The molecule has 11 heteroatoms. The summed E-state index contributed by atoms with van der Waals surface area (Å²) >= 11 is 0.779. The quantitative estimate of drug-likeness (QED) is 0.468. The van der Waals surface area contributed by atoms with Gasteiger partial charge in [-0.1, -0.05) is 38.1 Å². The molecule has 4 rings (SSSR count). The molecule has 2 aliphatic rings. The van der Waals surface area contributed by atoms with E-state index < -0.39 is 11.1 Å². The summed E-state index contributed by atoms with van der Waals surface area (Å²) in [5, 5.41) is 2.39. The van der Waals surface area contributed by atoms with Crippen molar-refractivity contribution in [1.82, 2.24) is 9.80 Å². The van der Waals surface area contributed by atoms with Gasteiger partial charge in [0.15, 0.2) is 18.1 Å². The van der Waals surface area contributed by atoms with Crippen molar-refractivity contribution in [2.75, 3.05) is 51.9 Å². The van der Waals surface area contributed by atoms with Gasteiger partial charge in [-0.2, -0.15) is 0 Å². The number of thioether (sulfide) groups is 1. The second kappa shape index (κ2) is 12.8. The number of hydrogen-bond donors (Lipinski definition) is 1. The summed E-state index contributed by atoms with van der Waals surface area (Å²) in [6.07, 6.45) is 1.56. The van der Waals surface area contributed by atoms with E-state index in [1.54, 1.807) is 29.2 Å². The van der Waals surface area contributed by atoms with E-state index in [-0.39, 0.29) is 35.8 Å². The van der Waals surface area contributed by atoms with Crippen molar-refractivity contribution in [3.05, 3.63) is 58.5 Å². The van der Waals surface area contributed by atoms with Crippen LogP contribution in [0.15, 0.2) is 47.4 Å². The Balaban J connectivity index is 1.39. The minimum Gasteiger partial charge on any atom is -0.493 e. The molecule has 2 heterocycles. The number of benzene rings is 2. The van der Waals surface area contributed by atoms with E-state index >= 15 is 0 Å². The molecule has 0 aliphatic carbocycles. The smallest absolute Gasteiger partial charge is 0.294 e. The summed E-state index contributed by atoms with van der Waals surface area (Å²) < 4.78 is 16.4. The van der Waals surface area contributed by atoms with E-state index in [1.807, 2.05) is 24.3 Å². The first-order chi connectivity index (χ1) is 18.8. The average Bonchev–Trinajstić information content (AvgIpc) is 3.20. The highest BCUT2D eigenvalue weighted by Gasteiger charge is 2.37. The normalized spacial score (nSPS) is 16.7. The highest BCUT2D eigenvalue weighted by Crippen LogP contribution is 2.34. The second-order valence-corrected chi connectivity index (χ2v) is 10.2. The molecule has 2 aromatic rings. The maximum atomic E-state index is 12.9. The lowest BCUT2D eigenvalue weighted by atomic mass is 10.0. The molecule has 1 N–H and O–H groups in total. The summed E-state index contributed by atoms with van der Waals surface area (Å²) in [7, 11) is 1.47. The van der Waals surface area contributed by atoms with Crippen LogP contribution in [0.4, 0.5) is 10.5 Å². The van der Waals surface area contributed by atoms with E-state index in [0.717, 1.165) is 27.9 Å². The first-order valence-corrected chi connectivity index (χ1v) is 13.4. The lowest BCUT2D eigenvalue weighted by Gasteiger charge is -2.28. The number of anilines is 1. The number of imide groups is 1. The predicted molar refractivity (Wildman–Crippen MR) is 148 cm³/mol. The van der Waals surface area contributed by atoms with Crippen LogP contribution in [0.25, 0.3) is 6.08 Å². The average molecular weight is 554 g/mol. The van der Waals surface area contributed by atoms with Gasteiger partial charge in [0.1, 0.15) is 6.54 Å². The third-order valence-corrected chi connectivity index (χ3v) is 7.14. The lowest BCUT2D eigenvalue weighted by molar-refractivity contribution is -0.139. The summed E-state index contributed by atoms with van der Waals surface area (Å²) in [6, 6.07) is 12.6. The molecular formula is C28H31N3O7S. The van der Waals surface area contributed by atoms with Crippen molar-refractivity contribution >= 4 is 46.5 Å². The van der Waals surface area contributed by atoms with E-state index in [1.165, 1.54) is 7.11 Å². The number of morpholine rings is 1. The molecule has 4 amide bonds. The van der Waals surface area contributed by atoms with Crippen LogP contribution in [-0.4, -0.2) is 79.3 Å². The van der Waals surface area contributed by atoms with Gasteiger partial charge < -0.3 is 24.4 Å². The summed E-state index contributed by atoms with van der Waals surface area (Å²) in [5.74, 6) is -0.158. The van der Waals surface area contributed by atoms with E-state index in [9.17, 15) is 19.2 Å². The molecule has 0 bridgehead atoms. The van der Waals surface area contributed by atoms with Gasteiger partial charge in [0.05, 0.1) is 25.2 Å². The molecule has 0 atom stereocenters. The molecule has 39 heavy (non-hydrogen) atoms. The molecule has 0 radical (unpaired) electrons. The zero-order chi connectivity index (χ0) is 27.9. The molecule has 0 unspecified atom stereocenters. The molecule has 0 saturated carbocycles. The Morgan fingerprint density at radius 2 is 1.85 bits per heavy atom. The van der Waals surface area contributed by atoms with Crippen LogP contribution in [0.1, 0.15) is 30.9 Å². The van der Waals surface area contributed by atoms with E-state index in [2.05, 4.69) is 19.2 Å². The second-order valence-electron chi connectivity index (χ2n) is 9.25. The van der Waals surface area contributed by atoms with Crippen molar-refractivity contribution in [3.8, 4) is 11.5 Å². The van der Waals surface area contributed by atoms with Gasteiger partial charge in [0, 0.05) is 18.8 Å². The number of ether oxygens (including phenoxy) is 3. The van der Waals surface area contributed by atoms with Crippen molar-refractivity contribution in [2.45, 2.75) is 19.8 Å². The fourth-order valence-corrected chi connectivity index (χ4v) is 5.01. The molecule has 2 aromatic carbocycles. The first kappa shape index (κ1) is 28.2. The van der Waals surface area contributed by atoms with Gasteiger partial charge >= 0.3 is 0 Å². The van der Waals surface area contributed by atoms with Crippen LogP contribution in [0.5, 0.6) is 11.5 Å². The number of hydrogen-bond acceptors (Lipinski definition) is 8. The highest BCUT2D eigenvalue weighted by atomic mass is 32.2. The fourth-order valence-electron chi connectivity index (χ4n) is 4.17. The number of nitrogens with one attached hydrogen (secondary N) is 1. The molecule has 2 saturated heterocycles. The monoisotopic (exact) mass is 553 g/mol. The minimum absolute atomic E-state index is 0.202. The van der Waals surface area contributed by atoms with Gasteiger partial charge in [-0.05, 0) is 53.1 Å². The van der Waals surface area contributed by atoms with Crippen molar-refractivity contribution < 1.29 is 33.4 Å². The van der Waals surface area contributed by atoms with Gasteiger partial charge in [-0.15, -0.1) is 0 Å². The molecule has 0 aromatic heterocycles. The number of nitrogens with zero attached hydrogens (tertiary/aromatic N) is 2. The van der Waals surface area contributed by atoms with Gasteiger partial charge in [0.2, 0.25) is 5.91 Å².